The molecule has 0 aliphatic carbocycles. The number of aryl methyl sites for hydroxylation is 1. The van der Waals surface area contributed by atoms with Crippen LogP contribution in [-0.2, 0) is 9.53 Å². The molecule has 3 aliphatic heterocycles. The second kappa shape index (κ2) is 11.0. The summed E-state index contributed by atoms with van der Waals surface area (Å²) in [6.07, 6.45) is 5.81. The summed E-state index contributed by atoms with van der Waals surface area (Å²) in [5, 5.41) is 2.72. The molecule has 5 rings (SSSR count). The monoisotopic (exact) mass is 429 g/mol. The first-order valence-electron chi connectivity index (χ1n) is 10.7. The predicted octanol–water partition coefficient (Wildman–Crippen LogP) is 2.98. The topological polar surface area (TPSA) is 70.6 Å². The van der Waals surface area contributed by atoms with Gasteiger partial charge in [0, 0.05) is 62.9 Å². The van der Waals surface area contributed by atoms with E-state index in [1.165, 1.54) is 12.1 Å². The van der Waals surface area contributed by atoms with Crippen molar-refractivity contribution in [1.29, 1.82) is 0 Å². The van der Waals surface area contributed by atoms with E-state index in [2.05, 4.69) is 45.3 Å². The van der Waals surface area contributed by atoms with Crippen molar-refractivity contribution in [2.45, 2.75) is 38.3 Å². The molecule has 0 radical (unpaired) electrons. The van der Waals surface area contributed by atoms with Crippen LogP contribution in [0, 0.1) is 6.92 Å². The number of aromatic nitrogens is 2. The van der Waals surface area contributed by atoms with Crippen LogP contribution < -0.4 is 15.1 Å². The number of halogens is 1. The Morgan fingerprint density at radius 3 is 2.61 bits per heavy atom. The fourth-order valence-corrected chi connectivity index (χ4v) is 4.14. The van der Waals surface area contributed by atoms with Crippen LogP contribution in [0.25, 0.3) is 11.3 Å². The molecular formula is C23H32FN5O2. The Kier molecular flexibility index (Phi) is 8.17. The van der Waals surface area contributed by atoms with Crippen molar-refractivity contribution in [3.8, 4) is 11.3 Å². The summed E-state index contributed by atoms with van der Waals surface area (Å²) in [6.45, 7) is 5.85. The number of rotatable bonds is 3. The van der Waals surface area contributed by atoms with Gasteiger partial charge in [-0.2, -0.15) is 0 Å². The van der Waals surface area contributed by atoms with E-state index in [9.17, 15) is 9.18 Å². The molecule has 2 fully saturated rings. The Bertz CT molecular complexity index is 842. The molecule has 5 heterocycles. The Balaban J connectivity index is 0.000000209. The van der Waals surface area contributed by atoms with Gasteiger partial charge in [0.1, 0.15) is 0 Å². The maximum atomic E-state index is 9.92. The molecule has 0 spiro atoms. The summed E-state index contributed by atoms with van der Waals surface area (Å²) in [7, 11) is 2.66. The zero-order valence-electron chi connectivity index (χ0n) is 18.6. The molecule has 2 saturated heterocycles. The molecule has 1 atom stereocenters. The van der Waals surface area contributed by atoms with Gasteiger partial charge in [0.2, 0.25) is 6.41 Å². The third kappa shape index (κ3) is 5.50. The van der Waals surface area contributed by atoms with Gasteiger partial charge >= 0.3 is 0 Å². The summed E-state index contributed by atoms with van der Waals surface area (Å²) in [5.41, 5.74) is 4.39. The van der Waals surface area contributed by atoms with Gasteiger partial charge in [0.05, 0.1) is 18.6 Å². The van der Waals surface area contributed by atoms with Gasteiger partial charge in [0.15, 0.2) is 5.82 Å². The molecule has 1 N–H and O–H groups in total. The minimum absolute atomic E-state index is 0.358. The smallest absolute Gasteiger partial charge is 0.207 e. The first kappa shape index (κ1) is 22.9. The molecule has 2 aromatic heterocycles. The number of carbonyl (C=O) groups is 1. The van der Waals surface area contributed by atoms with E-state index in [-0.39, 0.29) is 0 Å². The lowest BCUT2D eigenvalue weighted by atomic mass is 10.1. The SMILES string of the molecule is CF.Cc1ccc(-c2ccc3c(n2)N(C)C2CCN3C2)cn1.O=CNC1CCOCC1. The van der Waals surface area contributed by atoms with E-state index in [0.29, 0.717) is 19.3 Å². The zero-order valence-corrected chi connectivity index (χ0v) is 18.6. The molecule has 7 nitrogen and oxygen atoms in total. The first-order chi connectivity index (χ1) is 15.2. The van der Waals surface area contributed by atoms with E-state index in [1.54, 1.807) is 0 Å². The highest BCUT2D eigenvalue weighted by Crippen LogP contribution is 2.38. The second-order valence-corrected chi connectivity index (χ2v) is 7.90. The molecule has 3 aliphatic rings. The van der Waals surface area contributed by atoms with Gasteiger partial charge in [-0.05, 0) is 50.5 Å². The molecule has 8 heteroatoms. The standard InChI is InChI=1S/C16H18N4.C6H11NO2.CH3F/c1-11-3-4-12(9-17-11)14-5-6-15-16(18-14)19(2)13-7-8-20(15)10-13;8-5-7-6-1-3-9-4-2-6;1-2/h3-6,9,13H,7-8,10H2,1-2H3;5-6H,1-4H2,(H,7,8);1H3. The minimum Gasteiger partial charge on any atom is -0.381 e. The molecule has 1 unspecified atom stereocenters. The molecular weight excluding hydrogens is 397 g/mol. The van der Waals surface area contributed by atoms with Crippen LogP contribution in [0.3, 0.4) is 0 Å². The van der Waals surface area contributed by atoms with Gasteiger partial charge in [-0.1, -0.05) is 0 Å². The lowest BCUT2D eigenvalue weighted by molar-refractivity contribution is -0.110. The van der Waals surface area contributed by atoms with Crippen LogP contribution in [0.15, 0.2) is 30.5 Å². The van der Waals surface area contributed by atoms with Crippen LogP contribution in [0.2, 0.25) is 0 Å². The molecule has 1 amide bonds. The second-order valence-electron chi connectivity index (χ2n) is 7.90. The molecule has 168 valence electrons. The van der Waals surface area contributed by atoms with Gasteiger partial charge in [-0.25, -0.2) is 4.98 Å². The minimum atomic E-state index is 0.358. The predicted molar refractivity (Wildman–Crippen MR) is 121 cm³/mol. The van der Waals surface area contributed by atoms with Crippen LogP contribution in [0.5, 0.6) is 0 Å². The number of pyridine rings is 2. The third-order valence-corrected chi connectivity index (χ3v) is 5.97. The molecule has 2 aromatic rings. The van der Waals surface area contributed by atoms with E-state index in [1.807, 2.05) is 19.2 Å². The van der Waals surface area contributed by atoms with E-state index in [0.717, 1.165) is 68.3 Å². The number of hydrogen-bond donors (Lipinski definition) is 1. The van der Waals surface area contributed by atoms with Crippen molar-refractivity contribution in [2.24, 2.45) is 0 Å². The fourth-order valence-electron chi connectivity index (χ4n) is 4.14. The van der Waals surface area contributed by atoms with Crippen molar-refractivity contribution in [2.75, 3.05) is 50.3 Å². The first-order valence-corrected chi connectivity index (χ1v) is 10.7. The van der Waals surface area contributed by atoms with Crippen molar-refractivity contribution >= 4 is 17.9 Å². The van der Waals surface area contributed by atoms with E-state index < -0.39 is 0 Å². The number of likely N-dealkylation sites (N-methyl/N-ethyl adjacent to an activating group) is 1. The molecule has 0 aromatic carbocycles. The number of carbonyl (C=O) groups excluding carboxylic acids is 1. The third-order valence-electron chi connectivity index (χ3n) is 5.97. The zero-order chi connectivity index (χ0) is 22.2. The lowest BCUT2D eigenvalue weighted by Gasteiger charge is -2.34. The lowest BCUT2D eigenvalue weighted by Crippen LogP contribution is -2.40. The maximum Gasteiger partial charge on any atom is 0.207 e. The molecule has 2 bridgehead atoms. The highest BCUT2D eigenvalue weighted by atomic mass is 19.1. The number of alkyl halides is 1. The number of nitrogens with zero attached hydrogens (tertiary/aromatic N) is 4. The Hall–Kier alpha value is -2.74. The molecule has 31 heavy (non-hydrogen) atoms. The number of nitrogens with one attached hydrogen (secondary N) is 1. The molecule has 0 saturated carbocycles. The fraction of sp³-hybridized carbons (Fsp3) is 0.522. The van der Waals surface area contributed by atoms with Crippen molar-refractivity contribution in [3.63, 3.8) is 0 Å². The van der Waals surface area contributed by atoms with Gasteiger partial charge in [-0.3, -0.25) is 14.2 Å². The maximum absolute atomic E-state index is 9.92. The van der Waals surface area contributed by atoms with Crippen molar-refractivity contribution < 1.29 is 13.9 Å². The largest absolute Gasteiger partial charge is 0.381 e. The van der Waals surface area contributed by atoms with Crippen LogP contribution >= 0.6 is 0 Å². The Labute approximate surface area is 183 Å². The Morgan fingerprint density at radius 1 is 1.16 bits per heavy atom. The summed E-state index contributed by atoms with van der Waals surface area (Å²) < 4.78 is 14.6. The summed E-state index contributed by atoms with van der Waals surface area (Å²) in [6, 6.07) is 9.41. The summed E-state index contributed by atoms with van der Waals surface area (Å²) >= 11 is 0. The average molecular weight is 430 g/mol. The van der Waals surface area contributed by atoms with Crippen LogP contribution in [0.1, 0.15) is 25.0 Å². The van der Waals surface area contributed by atoms with E-state index in [4.69, 9.17) is 9.72 Å². The Morgan fingerprint density at radius 2 is 1.94 bits per heavy atom. The number of fused-ring (bicyclic) bond motifs is 4. The summed E-state index contributed by atoms with van der Waals surface area (Å²) in [4.78, 5) is 24.0. The number of amides is 1. The highest BCUT2D eigenvalue weighted by molar-refractivity contribution is 5.75. The average Bonchev–Trinajstić information content (AvgIpc) is 3.27. The summed E-state index contributed by atoms with van der Waals surface area (Å²) in [5.74, 6) is 1.11. The highest BCUT2D eigenvalue weighted by Gasteiger charge is 2.34. The number of ether oxygens (including phenoxy) is 1. The van der Waals surface area contributed by atoms with Gasteiger partial charge in [0.25, 0.3) is 0 Å². The number of anilines is 2. The van der Waals surface area contributed by atoms with Crippen molar-refractivity contribution in [1.82, 2.24) is 15.3 Å². The van der Waals surface area contributed by atoms with Gasteiger partial charge in [-0.15, -0.1) is 0 Å². The van der Waals surface area contributed by atoms with Gasteiger partial charge < -0.3 is 19.9 Å². The van der Waals surface area contributed by atoms with Crippen LogP contribution in [-0.4, -0.2) is 69.0 Å². The van der Waals surface area contributed by atoms with Crippen molar-refractivity contribution in [3.05, 3.63) is 36.2 Å². The normalized spacial score (nSPS) is 19.4. The number of hydrogen-bond acceptors (Lipinski definition) is 6. The van der Waals surface area contributed by atoms with Crippen LogP contribution in [0.4, 0.5) is 15.9 Å². The van der Waals surface area contributed by atoms with E-state index >= 15 is 0 Å². The quantitative estimate of drug-likeness (QED) is 0.757.